The normalized spacial score (nSPS) is 10.2. The molecule has 132 valence electrons. The fourth-order valence-corrected chi connectivity index (χ4v) is 2.46. The third kappa shape index (κ3) is 5.81. The second-order valence-corrected chi connectivity index (χ2v) is 6.23. The molecule has 0 unspecified atom stereocenters. The van der Waals surface area contributed by atoms with Crippen molar-refractivity contribution in [3.8, 4) is 5.75 Å². The molecule has 0 bridgehead atoms. The highest BCUT2D eigenvalue weighted by Crippen LogP contribution is 2.29. The molecule has 0 aliphatic carbocycles. The van der Waals surface area contributed by atoms with Gasteiger partial charge in [-0.25, -0.2) is 4.79 Å². The molecule has 5 nitrogen and oxygen atoms in total. The lowest BCUT2D eigenvalue weighted by Gasteiger charge is -2.10. The molecular formula is C17H14Cl3NO4. The van der Waals surface area contributed by atoms with E-state index in [1.165, 1.54) is 0 Å². The maximum atomic E-state index is 11.8. The van der Waals surface area contributed by atoms with E-state index in [-0.39, 0.29) is 11.6 Å². The molecule has 2 aromatic carbocycles. The Hall–Kier alpha value is -1.95. The Bertz CT molecular complexity index is 795. The summed E-state index contributed by atoms with van der Waals surface area (Å²) in [6.45, 7) is 1.01. The third-order valence-corrected chi connectivity index (χ3v) is 4.13. The monoisotopic (exact) mass is 401 g/mol. The lowest BCUT2D eigenvalue weighted by atomic mass is 10.2. The minimum absolute atomic E-state index is 0.213. The van der Waals surface area contributed by atoms with Crippen molar-refractivity contribution >= 4 is 52.4 Å². The molecule has 0 radical (unpaired) electrons. The summed E-state index contributed by atoms with van der Waals surface area (Å²) < 4.78 is 10.2. The van der Waals surface area contributed by atoms with E-state index in [1.54, 1.807) is 43.3 Å². The van der Waals surface area contributed by atoms with Crippen LogP contribution in [0.25, 0.3) is 0 Å². The minimum atomic E-state index is -0.679. The number of carbonyl (C=O) groups excluding carboxylic acids is 2. The molecule has 1 amide bonds. The molecule has 2 rings (SSSR count). The van der Waals surface area contributed by atoms with Crippen LogP contribution in [0.5, 0.6) is 5.75 Å². The standard InChI is InChI=1S/C17H14Cl3NO4/c1-10-7-11(18)5-6-14(10)24-9-16(23)25-8-15(22)21-13-4-2-3-12(19)17(13)20/h2-7H,8-9H2,1H3,(H,21,22). The molecule has 0 aliphatic heterocycles. The summed E-state index contributed by atoms with van der Waals surface area (Å²) in [4.78, 5) is 23.5. The first-order chi connectivity index (χ1) is 11.9. The molecule has 0 spiro atoms. The fraction of sp³-hybridized carbons (Fsp3) is 0.176. The first kappa shape index (κ1) is 19.4. The van der Waals surface area contributed by atoms with E-state index in [0.29, 0.717) is 21.5 Å². The van der Waals surface area contributed by atoms with Gasteiger partial charge in [-0.3, -0.25) is 4.79 Å². The van der Waals surface area contributed by atoms with E-state index in [0.717, 1.165) is 5.56 Å². The predicted octanol–water partition coefficient (Wildman–Crippen LogP) is 4.52. The first-order valence-electron chi connectivity index (χ1n) is 7.15. The SMILES string of the molecule is Cc1cc(Cl)ccc1OCC(=O)OCC(=O)Nc1cccc(Cl)c1Cl. The Morgan fingerprint density at radius 2 is 1.84 bits per heavy atom. The van der Waals surface area contributed by atoms with Gasteiger partial charge in [0.05, 0.1) is 15.7 Å². The number of hydrogen-bond acceptors (Lipinski definition) is 4. The van der Waals surface area contributed by atoms with E-state index in [4.69, 9.17) is 44.3 Å². The van der Waals surface area contributed by atoms with Crippen LogP contribution in [0.15, 0.2) is 36.4 Å². The summed E-state index contributed by atoms with van der Waals surface area (Å²) in [6.07, 6.45) is 0. The van der Waals surface area contributed by atoms with Crippen LogP contribution in [0, 0.1) is 6.92 Å². The van der Waals surface area contributed by atoms with Gasteiger partial charge in [0, 0.05) is 5.02 Å². The first-order valence-corrected chi connectivity index (χ1v) is 8.28. The van der Waals surface area contributed by atoms with Crippen molar-refractivity contribution < 1.29 is 19.1 Å². The molecule has 0 saturated carbocycles. The highest BCUT2D eigenvalue weighted by Gasteiger charge is 2.12. The van der Waals surface area contributed by atoms with Crippen LogP contribution < -0.4 is 10.1 Å². The molecule has 8 heteroatoms. The van der Waals surface area contributed by atoms with Gasteiger partial charge >= 0.3 is 5.97 Å². The summed E-state index contributed by atoms with van der Waals surface area (Å²) in [6, 6.07) is 9.83. The van der Waals surface area contributed by atoms with Crippen molar-refractivity contribution in [2.75, 3.05) is 18.5 Å². The average molecular weight is 403 g/mol. The second-order valence-electron chi connectivity index (χ2n) is 5.01. The van der Waals surface area contributed by atoms with Crippen molar-refractivity contribution in [2.24, 2.45) is 0 Å². The molecule has 0 atom stereocenters. The highest BCUT2D eigenvalue weighted by molar-refractivity contribution is 6.44. The Morgan fingerprint density at radius 3 is 2.56 bits per heavy atom. The molecule has 0 aliphatic rings. The van der Waals surface area contributed by atoms with Gasteiger partial charge in [-0.1, -0.05) is 40.9 Å². The van der Waals surface area contributed by atoms with Crippen molar-refractivity contribution in [3.05, 3.63) is 57.0 Å². The number of anilines is 1. The van der Waals surface area contributed by atoms with Crippen LogP contribution in [0.1, 0.15) is 5.56 Å². The van der Waals surface area contributed by atoms with E-state index < -0.39 is 18.5 Å². The predicted molar refractivity (Wildman–Crippen MR) is 97.7 cm³/mol. The number of benzene rings is 2. The van der Waals surface area contributed by atoms with Crippen molar-refractivity contribution in [1.82, 2.24) is 0 Å². The average Bonchev–Trinajstić information content (AvgIpc) is 2.56. The van der Waals surface area contributed by atoms with Crippen LogP contribution in [-0.2, 0) is 14.3 Å². The van der Waals surface area contributed by atoms with Gasteiger partial charge in [0.1, 0.15) is 5.75 Å². The van der Waals surface area contributed by atoms with Gasteiger partial charge in [0.15, 0.2) is 13.2 Å². The summed E-state index contributed by atoms with van der Waals surface area (Å²) in [7, 11) is 0. The topological polar surface area (TPSA) is 64.6 Å². The second kappa shape index (κ2) is 8.94. The summed E-state index contributed by atoms with van der Waals surface area (Å²) in [5.41, 5.74) is 1.12. The van der Waals surface area contributed by atoms with Crippen molar-refractivity contribution in [1.29, 1.82) is 0 Å². The Balaban J connectivity index is 1.79. The number of nitrogens with one attached hydrogen (secondary N) is 1. The molecule has 0 aromatic heterocycles. The zero-order valence-corrected chi connectivity index (χ0v) is 15.4. The maximum absolute atomic E-state index is 11.8. The zero-order valence-electron chi connectivity index (χ0n) is 13.1. The summed E-state index contributed by atoms with van der Waals surface area (Å²) in [5.74, 6) is -0.710. The highest BCUT2D eigenvalue weighted by atomic mass is 35.5. The minimum Gasteiger partial charge on any atom is -0.482 e. The van der Waals surface area contributed by atoms with Gasteiger partial charge in [0.25, 0.3) is 5.91 Å². The van der Waals surface area contributed by atoms with Crippen molar-refractivity contribution in [3.63, 3.8) is 0 Å². The van der Waals surface area contributed by atoms with Crippen LogP contribution in [0.4, 0.5) is 5.69 Å². The Labute approximate surface area is 159 Å². The lowest BCUT2D eigenvalue weighted by molar-refractivity contribution is -0.149. The van der Waals surface area contributed by atoms with Gasteiger partial charge in [-0.05, 0) is 42.8 Å². The number of amides is 1. The quantitative estimate of drug-likeness (QED) is 0.722. The van der Waals surface area contributed by atoms with Crippen LogP contribution in [0.3, 0.4) is 0 Å². The van der Waals surface area contributed by atoms with Crippen molar-refractivity contribution in [2.45, 2.75) is 6.92 Å². The number of hydrogen-bond donors (Lipinski definition) is 1. The molecule has 2 aromatic rings. The van der Waals surface area contributed by atoms with Gasteiger partial charge in [0.2, 0.25) is 0 Å². The number of ether oxygens (including phenoxy) is 2. The largest absolute Gasteiger partial charge is 0.482 e. The van der Waals surface area contributed by atoms with Gasteiger partial charge < -0.3 is 14.8 Å². The van der Waals surface area contributed by atoms with E-state index in [9.17, 15) is 9.59 Å². The maximum Gasteiger partial charge on any atom is 0.344 e. The van der Waals surface area contributed by atoms with E-state index >= 15 is 0 Å². The van der Waals surface area contributed by atoms with Gasteiger partial charge in [-0.15, -0.1) is 0 Å². The molecule has 25 heavy (non-hydrogen) atoms. The van der Waals surface area contributed by atoms with Crippen LogP contribution in [-0.4, -0.2) is 25.1 Å². The van der Waals surface area contributed by atoms with E-state index in [2.05, 4.69) is 5.32 Å². The molecule has 0 saturated heterocycles. The number of carbonyl (C=O) groups is 2. The fourth-order valence-electron chi connectivity index (χ4n) is 1.89. The molecule has 0 heterocycles. The van der Waals surface area contributed by atoms with E-state index in [1.807, 2.05) is 0 Å². The number of esters is 1. The smallest absolute Gasteiger partial charge is 0.344 e. The number of aryl methyl sites for hydroxylation is 1. The van der Waals surface area contributed by atoms with Crippen LogP contribution >= 0.6 is 34.8 Å². The van der Waals surface area contributed by atoms with Gasteiger partial charge in [-0.2, -0.15) is 0 Å². The Kier molecular flexibility index (Phi) is 6.93. The molecule has 0 fully saturated rings. The zero-order chi connectivity index (χ0) is 18.4. The third-order valence-electron chi connectivity index (χ3n) is 3.07. The lowest BCUT2D eigenvalue weighted by Crippen LogP contribution is -2.23. The summed E-state index contributed by atoms with van der Waals surface area (Å²) >= 11 is 17.7. The Morgan fingerprint density at radius 1 is 1.08 bits per heavy atom. The number of rotatable bonds is 6. The molecule has 1 N–H and O–H groups in total. The number of halogens is 3. The van der Waals surface area contributed by atoms with Crippen LogP contribution in [0.2, 0.25) is 15.1 Å². The summed E-state index contributed by atoms with van der Waals surface area (Å²) in [5, 5.41) is 3.60. The molecular weight excluding hydrogens is 389 g/mol.